The van der Waals surface area contributed by atoms with Gasteiger partial charge in [0, 0.05) is 21.7 Å². The van der Waals surface area contributed by atoms with Crippen molar-refractivity contribution in [2.24, 2.45) is 0 Å². The zero-order valence-electron chi connectivity index (χ0n) is 13.3. The van der Waals surface area contributed by atoms with E-state index in [2.05, 4.69) is 4.98 Å². The molecule has 124 valence electrons. The third-order valence-electron chi connectivity index (χ3n) is 4.33. The lowest BCUT2D eigenvalue weighted by molar-refractivity contribution is 0.301. The molecule has 3 aromatic rings. The fourth-order valence-corrected chi connectivity index (χ4v) is 4.43. The molecular weight excluding hydrogens is 344 g/mol. The van der Waals surface area contributed by atoms with Crippen LogP contribution in [-0.4, -0.2) is 9.38 Å². The minimum absolute atomic E-state index is 0.00899. The van der Waals surface area contributed by atoms with Crippen molar-refractivity contribution in [1.82, 2.24) is 9.38 Å². The average Bonchev–Trinajstić information content (AvgIpc) is 2.94. The first-order chi connectivity index (χ1) is 11.6. The lowest BCUT2D eigenvalue weighted by atomic mass is 10.0. The van der Waals surface area contributed by atoms with E-state index in [0.29, 0.717) is 10.7 Å². The largest absolute Gasteiger partial charge is 0.487 e. The number of hydrogen-bond acceptors (Lipinski definition) is 4. The Kier molecular flexibility index (Phi) is 4.06. The highest BCUT2D eigenvalue weighted by atomic mass is 35.5. The zero-order chi connectivity index (χ0) is 16.7. The lowest BCUT2D eigenvalue weighted by Crippen LogP contribution is -2.18. The number of aryl methyl sites for hydroxylation is 3. The fourth-order valence-electron chi connectivity index (χ4n) is 3.08. The van der Waals surface area contributed by atoms with Gasteiger partial charge < -0.3 is 4.74 Å². The molecule has 0 bridgehead atoms. The first-order valence-corrected chi connectivity index (χ1v) is 9.23. The van der Waals surface area contributed by atoms with Gasteiger partial charge in [0.2, 0.25) is 0 Å². The van der Waals surface area contributed by atoms with Crippen LogP contribution in [0, 0.1) is 6.92 Å². The van der Waals surface area contributed by atoms with Crippen molar-refractivity contribution in [2.75, 3.05) is 0 Å². The molecule has 0 aliphatic heterocycles. The molecule has 1 aliphatic carbocycles. The Bertz CT molecular complexity index is 977. The normalized spacial score (nSPS) is 13.9. The Morgan fingerprint density at radius 1 is 1.29 bits per heavy atom. The fraction of sp³-hybridized carbons (Fsp3) is 0.333. The van der Waals surface area contributed by atoms with Crippen molar-refractivity contribution in [3.8, 4) is 5.75 Å². The van der Waals surface area contributed by atoms with E-state index in [-0.39, 0.29) is 12.2 Å². The molecule has 6 heteroatoms. The van der Waals surface area contributed by atoms with E-state index in [1.165, 1.54) is 11.3 Å². The summed E-state index contributed by atoms with van der Waals surface area (Å²) in [6, 6.07) is 7.10. The van der Waals surface area contributed by atoms with Gasteiger partial charge in [-0.3, -0.25) is 9.20 Å². The van der Waals surface area contributed by atoms with Crippen LogP contribution in [0.5, 0.6) is 5.75 Å². The second-order valence-corrected chi connectivity index (χ2v) is 7.55. The first kappa shape index (κ1) is 15.7. The summed E-state index contributed by atoms with van der Waals surface area (Å²) >= 11 is 7.66. The van der Waals surface area contributed by atoms with E-state index in [0.717, 1.165) is 41.2 Å². The van der Waals surface area contributed by atoms with E-state index < -0.39 is 0 Å². The molecular formula is C18H17ClN2O2S. The van der Waals surface area contributed by atoms with Crippen LogP contribution in [0.1, 0.15) is 34.7 Å². The number of ether oxygens (including phenoxy) is 1. The lowest BCUT2D eigenvalue weighted by Gasteiger charge is -2.10. The van der Waals surface area contributed by atoms with Crippen LogP contribution < -0.4 is 10.3 Å². The highest BCUT2D eigenvalue weighted by molar-refractivity contribution is 7.17. The molecule has 2 heterocycles. The summed E-state index contributed by atoms with van der Waals surface area (Å²) in [5, 5.41) is 0.712. The molecule has 0 atom stereocenters. The summed E-state index contributed by atoms with van der Waals surface area (Å²) in [6.45, 7) is 2.21. The Labute approximate surface area is 148 Å². The van der Waals surface area contributed by atoms with Crippen LogP contribution in [0.4, 0.5) is 0 Å². The molecule has 0 saturated carbocycles. The predicted octanol–water partition coefficient (Wildman–Crippen LogP) is 4.18. The second kappa shape index (κ2) is 6.22. The molecule has 2 aromatic heterocycles. The summed E-state index contributed by atoms with van der Waals surface area (Å²) in [5.41, 5.74) is 2.76. The molecule has 4 nitrogen and oxygen atoms in total. The van der Waals surface area contributed by atoms with Crippen LogP contribution >= 0.6 is 22.9 Å². The highest BCUT2D eigenvalue weighted by Crippen LogP contribution is 2.28. The van der Waals surface area contributed by atoms with Crippen molar-refractivity contribution in [2.45, 2.75) is 39.2 Å². The molecule has 1 aromatic carbocycles. The Hall–Kier alpha value is -1.85. The van der Waals surface area contributed by atoms with Gasteiger partial charge in [-0.15, -0.1) is 11.3 Å². The van der Waals surface area contributed by atoms with Gasteiger partial charge in [-0.2, -0.15) is 0 Å². The van der Waals surface area contributed by atoms with Crippen molar-refractivity contribution in [3.63, 3.8) is 0 Å². The summed E-state index contributed by atoms with van der Waals surface area (Å²) in [5.74, 6) is 0.726. The molecule has 24 heavy (non-hydrogen) atoms. The van der Waals surface area contributed by atoms with Gasteiger partial charge in [-0.1, -0.05) is 11.6 Å². The molecule has 0 unspecified atom stereocenters. The third kappa shape index (κ3) is 2.82. The third-order valence-corrected chi connectivity index (χ3v) is 5.90. The van der Waals surface area contributed by atoms with Gasteiger partial charge in [-0.05, 0) is 56.4 Å². The quantitative estimate of drug-likeness (QED) is 0.703. The van der Waals surface area contributed by atoms with Gasteiger partial charge in [0.05, 0.1) is 5.69 Å². The smallest absolute Gasteiger partial charge is 0.259 e. The van der Waals surface area contributed by atoms with E-state index in [1.807, 2.05) is 25.1 Å². The maximum Gasteiger partial charge on any atom is 0.259 e. The number of thiazole rings is 1. The standard InChI is InChI=1S/C18H17ClN2O2S/c1-11-8-13(6-7-14(11)19)23-10-12-9-17(22)21-15-4-2-3-5-16(15)24-18(21)20-12/h6-9H,2-5,10H2,1H3. The van der Waals surface area contributed by atoms with Gasteiger partial charge in [0.25, 0.3) is 5.56 Å². The molecule has 1 aliphatic rings. The number of benzene rings is 1. The number of fused-ring (bicyclic) bond motifs is 3. The number of hydrogen-bond donors (Lipinski definition) is 0. The van der Waals surface area contributed by atoms with Crippen LogP contribution in [0.2, 0.25) is 5.02 Å². The molecule has 0 N–H and O–H groups in total. The van der Waals surface area contributed by atoms with Crippen LogP contribution in [-0.2, 0) is 19.4 Å². The molecule has 0 radical (unpaired) electrons. The predicted molar refractivity (Wildman–Crippen MR) is 96.5 cm³/mol. The maximum absolute atomic E-state index is 12.5. The minimum atomic E-state index is -0.00899. The van der Waals surface area contributed by atoms with E-state index in [9.17, 15) is 4.79 Å². The molecule has 0 fully saturated rings. The second-order valence-electron chi connectivity index (χ2n) is 6.08. The Morgan fingerprint density at radius 2 is 2.12 bits per heavy atom. The Morgan fingerprint density at radius 3 is 2.96 bits per heavy atom. The minimum Gasteiger partial charge on any atom is -0.487 e. The molecule has 0 spiro atoms. The highest BCUT2D eigenvalue weighted by Gasteiger charge is 2.18. The maximum atomic E-state index is 12.5. The van der Waals surface area contributed by atoms with Crippen molar-refractivity contribution in [3.05, 3.63) is 61.5 Å². The number of halogens is 1. The monoisotopic (exact) mass is 360 g/mol. The average molecular weight is 361 g/mol. The Balaban J connectivity index is 1.63. The SMILES string of the molecule is Cc1cc(OCc2cc(=O)n3c4c(sc3n2)CCCC4)ccc1Cl. The summed E-state index contributed by atoms with van der Waals surface area (Å²) in [4.78, 5) is 19.2. The van der Waals surface area contributed by atoms with Crippen molar-refractivity contribution < 1.29 is 4.74 Å². The van der Waals surface area contributed by atoms with E-state index in [1.54, 1.807) is 21.8 Å². The van der Waals surface area contributed by atoms with E-state index >= 15 is 0 Å². The van der Waals surface area contributed by atoms with E-state index in [4.69, 9.17) is 16.3 Å². The molecule has 0 amide bonds. The topological polar surface area (TPSA) is 43.6 Å². The first-order valence-electron chi connectivity index (χ1n) is 8.04. The van der Waals surface area contributed by atoms with Crippen LogP contribution in [0.3, 0.4) is 0 Å². The summed E-state index contributed by atoms with van der Waals surface area (Å²) in [7, 11) is 0. The summed E-state index contributed by atoms with van der Waals surface area (Å²) < 4.78 is 7.54. The number of nitrogens with zero attached hydrogens (tertiary/aromatic N) is 2. The zero-order valence-corrected chi connectivity index (χ0v) is 14.9. The number of aromatic nitrogens is 2. The number of rotatable bonds is 3. The molecule has 0 saturated heterocycles. The molecule has 4 rings (SSSR count). The van der Waals surface area contributed by atoms with Gasteiger partial charge >= 0.3 is 0 Å². The van der Waals surface area contributed by atoms with Gasteiger partial charge in [-0.25, -0.2) is 4.98 Å². The van der Waals surface area contributed by atoms with Crippen molar-refractivity contribution >= 4 is 27.9 Å². The van der Waals surface area contributed by atoms with Crippen LogP contribution in [0.25, 0.3) is 4.96 Å². The van der Waals surface area contributed by atoms with Crippen LogP contribution in [0.15, 0.2) is 29.1 Å². The summed E-state index contributed by atoms with van der Waals surface area (Å²) in [6.07, 6.45) is 4.36. The van der Waals surface area contributed by atoms with Gasteiger partial charge in [0.15, 0.2) is 4.96 Å². The van der Waals surface area contributed by atoms with Crippen molar-refractivity contribution in [1.29, 1.82) is 0 Å². The van der Waals surface area contributed by atoms with Gasteiger partial charge in [0.1, 0.15) is 12.4 Å².